The highest BCUT2D eigenvalue weighted by atomic mass is 31.0. The second-order valence-electron chi connectivity index (χ2n) is 3.80. The maximum absolute atomic E-state index is 5.59. The molecule has 0 N–H and O–H groups in total. The predicted octanol–water partition coefficient (Wildman–Crippen LogP) is 2.02. The summed E-state index contributed by atoms with van der Waals surface area (Å²) in [5.41, 5.74) is 2.11. The van der Waals surface area contributed by atoms with Gasteiger partial charge in [0.2, 0.25) is 0 Å². The molecule has 0 aromatic carbocycles. The SMILES string of the molecule is CCCCCCOCc1cc(P)nn1C. The zero-order valence-electron chi connectivity index (χ0n) is 9.70. The first-order valence-electron chi connectivity index (χ1n) is 5.60. The predicted molar refractivity (Wildman–Crippen MR) is 66.4 cm³/mol. The van der Waals surface area contributed by atoms with Crippen molar-refractivity contribution in [1.82, 2.24) is 9.78 Å². The van der Waals surface area contributed by atoms with E-state index in [0.717, 1.165) is 17.7 Å². The van der Waals surface area contributed by atoms with Crippen LogP contribution in [0.1, 0.15) is 38.3 Å². The lowest BCUT2D eigenvalue weighted by Gasteiger charge is -2.03. The molecule has 0 saturated carbocycles. The fourth-order valence-corrected chi connectivity index (χ4v) is 1.84. The van der Waals surface area contributed by atoms with Crippen molar-refractivity contribution >= 4 is 14.7 Å². The summed E-state index contributed by atoms with van der Waals surface area (Å²) in [6, 6.07) is 2.04. The van der Waals surface area contributed by atoms with E-state index in [4.69, 9.17) is 4.74 Å². The topological polar surface area (TPSA) is 27.1 Å². The highest BCUT2D eigenvalue weighted by Gasteiger charge is 2.01. The number of nitrogens with zero attached hydrogens (tertiary/aromatic N) is 2. The molecule has 4 heteroatoms. The Morgan fingerprint density at radius 3 is 2.80 bits per heavy atom. The Kier molecular flexibility index (Phi) is 5.89. The van der Waals surface area contributed by atoms with Crippen LogP contribution in [0.3, 0.4) is 0 Å². The maximum Gasteiger partial charge on any atom is 0.0884 e. The van der Waals surface area contributed by atoms with Gasteiger partial charge in [-0.2, -0.15) is 5.10 Å². The number of hydrogen-bond donors (Lipinski definition) is 0. The summed E-state index contributed by atoms with van der Waals surface area (Å²) in [7, 11) is 4.55. The van der Waals surface area contributed by atoms with Crippen LogP contribution in [-0.2, 0) is 18.4 Å². The van der Waals surface area contributed by atoms with E-state index < -0.39 is 0 Å². The second-order valence-corrected chi connectivity index (χ2v) is 4.39. The van der Waals surface area contributed by atoms with Crippen LogP contribution in [0, 0.1) is 0 Å². The number of ether oxygens (including phenoxy) is 1. The summed E-state index contributed by atoms with van der Waals surface area (Å²) in [6.07, 6.45) is 5.03. The monoisotopic (exact) mass is 228 g/mol. The molecule has 15 heavy (non-hydrogen) atoms. The molecular formula is C11H21N2OP. The van der Waals surface area contributed by atoms with Crippen LogP contribution in [0.15, 0.2) is 6.07 Å². The fraction of sp³-hybridized carbons (Fsp3) is 0.727. The van der Waals surface area contributed by atoms with Gasteiger partial charge in [-0.25, -0.2) is 0 Å². The molecule has 0 fully saturated rings. The molecule has 0 radical (unpaired) electrons. The third-order valence-corrected chi connectivity index (χ3v) is 2.67. The third-order valence-electron chi connectivity index (χ3n) is 2.39. The van der Waals surface area contributed by atoms with Gasteiger partial charge in [0.15, 0.2) is 0 Å². The summed E-state index contributed by atoms with van der Waals surface area (Å²) >= 11 is 0. The van der Waals surface area contributed by atoms with Crippen LogP contribution in [0.2, 0.25) is 0 Å². The molecular weight excluding hydrogens is 207 g/mol. The number of hydrogen-bond acceptors (Lipinski definition) is 2. The summed E-state index contributed by atoms with van der Waals surface area (Å²) in [6.45, 7) is 3.75. The molecule has 0 spiro atoms. The average molecular weight is 228 g/mol. The third kappa shape index (κ3) is 4.76. The molecule has 3 nitrogen and oxygen atoms in total. The molecule has 0 aliphatic rings. The van der Waals surface area contributed by atoms with Gasteiger partial charge < -0.3 is 4.74 Å². The zero-order valence-corrected chi connectivity index (χ0v) is 10.9. The largest absolute Gasteiger partial charge is 0.375 e. The fourth-order valence-electron chi connectivity index (χ4n) is 1.47. The van der Waals surface area contributed by atoms with E-state index in [1.807, 2.05) is 17.8 Å². The van der Waals surface area contributed by atoms with Gasteiger partial charge in [0, 0.05) is 13.7 Å². The molecule has 1 atom stereocenters. The molecule has 0 amide bonds. The first-order valence-corrected chi connectivity index (χ1v) is 6.18. The molecule has 0 aliphatic heterocycles. The summed E-state index contributed by atoms with van der Waals surface area (Å²) in [5.74, 6) is 0. The van der Waals surface area contributed by atoms with Crippen LogP contribution in [0.25, 0.3) is 0 Å². The summed E-state index contributed by atoms with van der Waals surface area (Å²) in [5, 5.41) is 4.24. The van der Waals surface area contributed by atoms with Gasteiger partial charge in [-0.3, -0.25) is 4.68 Å². The molecule has 0 aliphatic carbocycles. The average Bonchev–Trinajstić information content (AvgIpc) is 2.51. The van der Waals surface area contributed by atoms with Crippen LogP contribution < -0.4 is 5.44 Å². The minimum absolute atomic E-state index is 0.671. The standard InChI is InChI=1S/C11H21N2OP/c1-3-4-5-6-7-14-9-10-8-11(15)12-13(10)2/h8H,3-7,9,15H2,1-2H3. The van der Waals surface area contributed by atoms with E-state index in [-0.39, 0.29) is 0 Å². The minimum atomic E-state index is 0.671. The van der Waals surface area contributed by atoms with E-state index in [1.54, 1.807) is 0 Å². The van der Waals surface area contributed by atoms with E-state index in [2.05, 4.69) is 21.3 Å². The van der Waals surface area contributed by atoms with Crippen molar-refractivity contribution in [2.24, 2.45) is 7.05 Å². The Labute approximate surface area is 94.4 Å². The van der Waals surface area contributed by atoms with Gasteiger partial charge in [-0.15, -0.1) is 0 Å². The van der Waals surface area contributed by atoms with Gasteiger partial charge in [-0.1, -0.05) is 35.4 Å². The molecule has 1 aromatic rings. The van der Waals surface area contributed by atoms with Crippen LogP contribution in [-0.4, -0.2) is 16.4 Å². The Hall–Kier alpha value is -0.400. The number of aryl methyl sites for hydroxylation is 1. The molecule has 1 heterocycles. The molecule has 1 unspecified atom stereocenters. The van der Waals surface area contributed by atoms with Crippen molar-refractivity contribution in [2.45, 2.75) is 39.2 Å². The minimum Gasteiger partial charge on any atom is -0.375 e. The Bertz CT molecular complexity index is 286. The van der Waals surface area contributed by atoms with Gasteiger partial charge in [0.25, 0.3) is 0 Å². The summed E-state index contributed by atoms with van der Waals surface area (Å²) < 4.78 is 7.46. The van der Waals surface area contributed by atoms with Crippen molar-refractivity contribution in [3.8, 4) is 0 Å². The van der Waals surface area contributed by atoms with Crippen molar-refractivity contribution < 1.29 is 4.74 Å². The lowest BCUT2D eigenvalue weighted by molar-refractivity contribution is 0.112. The first kappa shape index (κ1) is 12.7. The number of unbranched alkanes of at least 4 members (excludes halogenated alkanes) is 3. The molecule has 0 saturated heterocycles. The highest BCUT2D eigenvalue weighted by Crippen LogP contribution is 2.03. The zero-order chi connectivity index (χ0) is 11.1. The maximum atomic E-state index is 5.59. The van der Waals surface area contributed by atoms with Gasteiger partial charge in [0.05, 0.1) is 17.7 Å². The van der Waals surface area contributed by atoms with Crippen molar-refractivity contribution in [3.63, 3.8) is 0 Å². The Balaban J connectivity index is 2.12. The molecule has 0 bridgehead atoms. The first-order chi connectivity index (χ1) is 7.24. The van der Waals surface area contributed by atoms with Crippen molar-refractivity contribution in [1.29, 1.82) is 0 Å². The Morgan fingerprint density at radius 1 is 1.40 bits per heavy atom. The number of rotatable bonds is 7. The molecule has 1 rings (SSSR count). The highest BCUT2D eigenvalue weighted by molar-refractivity contribution is 7.26. The van der Waals surface area contributed by atoms with E-state index in [9.17, 15) is 0 Å². The normalized spacial score (nSPS) is 10.9. The van der Waals surface area contributed by atoms with Crippen LogP contribution in [0.5, 0.6) is 0 Å². The van der Waals surface area contributed by atoms with Crippen molar-refractivity contribution in [2.75, 3.05) is 6.61 Å². The summed E-state index contributed by atoms with van der Waals surface area (Å²) in [4.78, 5) is 0. The van der Waals surface area contributed by atoms with E-state index >= 15 is 0 Å². The van der Waals surface area contributed by atoms with Gasteiger partial charge >= 0.3 is 0 Å². The van der Waals surface area contributed by atoms with Crippen molar-refractivity contribution in [3.05, 3.63) is 11.8 Å². The molecule has 1 aromatic heterocycles. The van der Waals surface area contributed by atoms with E-state index in [1.165, 1.54) is 25.7 Å². The van der Waals surface area contributed by atoms with E-state index in [0.29, 0.717) is 6.61 Å². The number of aromatic nitrogens is 2. The Morgan fingerprint density at radius 2 is 2.20 bits per heavy atom. The lowest BCUT2D eigenvalue weighted by Crippen LogP contribution is -2.02. The quantitative estimate of drug-likeness (QED) is 0.527. The van der Waals surface area contributed by atoms with Crippen LogP contribution >= 0.6 is 9.24 Å². The van der Waals surface area contributed by atoms with Gasteiger partial charge in [-0.05, 0) is 12.5 Å². The van der Waals surface area contributed by atoms with Crippen LogP contribution in [0.4, 0.5) is 0 Å². The molecule has 86 valence electrons. The smallest absolute Gasteiger partial charge is 0.0884 e. The second kappa shape index (κ2) is 6.97. The lowest BCUT2D eigenvalue weighted by atomic mass is 10.2. The van der Waals surface area contributed by atoms with Gasteiger partial charge in [0.1, 0.15) is 0 Å².